The van der Waals surface area contributed by atoms with Gasteiger partial charge in [-0.1, -0.05) is 28.0 Å². The van der Waals surface area contributed by atoms with Gasteiger partial charge in [0.05, 0.1) is 0 Å². The zero-order chi connectivity index (χ0) is 17.1. The fourth-order valence-corrected chi connectivity index (χ4v) is 5.28. The first-order chi connectivity index (χ1) is 11.0. The Morgan fingerprint density at radius 2 is 2.00 bits per heavy atom. The molecule has 0 aromatic carbocycles. The lowest BCUT2D eigenvalue weighted by molar-refractivity contribution is -0.131. The molecule has 5 nitrogen and oxygen atoms in total. The Hall–Kier alpha value is -0.950. The number of hydrogen-bond acceptors (Lipinski definition) is 5. The first-order valence-corrected chi connectivity index (χ1v) is 10.4. The highest BCUT2D eigenvalue weighted by Crippen LogP contribution is 2.39. The average Bonchev–Trinajstić information content (AvgIpc) is 3.00. The third kappa shape index (κ3) is 9.71. The molecule has 0 aromatic rings. The summed E-state index contributed by atoms with van der Waals surface area (Å²) in [4.78, 5) is 33.7. The summed E-state index contributed by atoms with van der Waals surface area (Å²) >= 11 is 0. The molecule has 1 unspecified atom stereocenters. The molecule has 7 heteroatoms. The van der Waals surface area contributed by atoms with Gasteiger partial charge in [0.2, 0.25) is 5.91 Å². The largest absolute Gasteiger partial charge is 0.478 e. The molecule has 1 amide bonds. The van der Waals surface area contributed by atoms with Crippen molar-refractivity contribution in [2.75, 3.05) is 12.3 Å². The zero-order valence-corrected chi connectivity index (χ0v) is 15.1. The highest BCUT2D eigenvalue weighted by atomic mass is 33.1. The second-order valence-corrected chi connectivity index (χ2v) is 8.40. The third-order valence-electron chi connectivity index (χ3n) is 3.59. The van der Waals surface area contributed by atoms with Gasteiger partial charge in [-0.25, -0.2) is 4.79 Å². The number of aliphatic carboxylic acids is 1. The Morgan fingerprint density at radius 3 is 2.65 bits per heavy atom. The van der Waals surface area contributed by atoms with E-state index in [2.05, 4.69) is 5.32 Å². The predicted molar refractivity (Wildman–Crippen MR) is 95.6 cm³/mol. The van der Waals surface area contributed by atoms with Crippen molar-refractivity contribution in [3.8, 4) is 0 Å². The number of carboxylic acid groups (broad SMARTS) is 1. The molecule has 2 N–H and O–H groups in total. The molecule has 0 bridgehead atoms. The van der Waals surface area contributed by atoms with Gasteiger partial charge in [-0.2, -0.15) is 0 Å². The fraction of sp³-hybridized carbons (Fsp3) is 0.688. The van der Waals surface area contributed by atoms with Crippen LogP contribution in [0.4, 0.5) is 0 Å². The van der Waals surface area contributed by atoms with Gasteiger partial charge >= 0.3 is 5.97 Å². The van der Waals surface area contributed by atoms with Crippen LogP contribution in [0.2, 0.25) is 0 Å². The van der Waals surface area contributed by atoms with Crippen LogP contribution in [0.3, 0.4) is 0 Å². The van der Waals surface area contributed by atoms with Crippen LogP contribution in [-0.2, 0) is 14.4 Å². The topological polar surface area (TPSA) is 83.5 Å². The van der Waals surface area contributed by atoms with Crippen LogP contribution in [-0.4, -0.2) is 40.3 Å². The minimum atomic E-state index is -1.11. The Morgan fingerprint density at radius 1 is 1.22 bits per heavy atom. The normalized spacial score (nSPS) is 18.0. The van der Waals surface area contributed by atoms with Gasteiger partial charge in [-0.3, -0.25) is 9.59 Å². The van der Waals surface area contributed by atoms with Crippen molar-refractivity contribution in [3.05, 3.63) is 11.6 Å². The highest BCUT2D eigenvalue weighted by molar-refractivity contribution is 8.77. The number of Topliss-reactive ketones (excluding diaryl/α,β-unsaturated/α-hetero) is 1. The lowest BCUT2D eigenvalue weighted by Crippen LogP contribution is -2.24. The number of unbranched alkanes of at least 4 members (excludes halogenated alkanes) is 1. The van der Waals surface area contributed by atoms with Crippen molar-refractivity contribution >= 4 is 39.2 Å². The number of rotatable bonds is 11. The minimum Gasteiger partial charge on any atom is -0.478 e. The second kappa shape index (κ2) is 11.6. The summed E-state index contributed by atoms with van der Waals surface area (Å²) in [5.74, 6) is -0.0219. The maximum absolute atomic E-state index is 11.7. The van der Waals surface area contributed by atoms with Crippen LogP contribution >= 0.6 is 21.6 Å². The number of amides is 1. The summed E-state index contributed by atoms with van der Waals surface area (Å²) < 4.78 is 0. The van der Waals surface area contributed by atoms with Crippen molar-refractivity contribution in [3.63, 3.8) is 0 Å². The van der Waals surface area contributed by atoms with E-state index in [4.69, 9.17) is 5.11 Å². The van der Waals surface area contributed by atoms with E-state index in [-0.39, 0.29) is 23.7 Å². The molecular weight excluding hydrogens is 334 g/mol. The van der Waals surface area contributed by atoms with Crippen molar-refractivity contribution in [1.29, 1.82) is 0 Å². The molecule has 0 aromatic heterocycles. The summed E-state index contributed by atoms with van der Waals surface area (Å²) in [6.45, 7) is 1.95. The molecule has 1 saturated heterocycles. The van der Waals surface area contributed by atoms with E-state index in [1.807, 2.05) is 21.6 Å². The molecule has 0 saturated carbocycles. The number of carbonyl (C=O) groups is 3. The van der Waals surface area contributed by atoms with Crippen LogP contribution in [0.1, 0.15) is 51.9 Å². The minimum absolute atomic E-state index is 0.0312. The maximum atomic E-state index is 11.7. The number of hydrogen-bond donors (Lipinski definition) is 2. The molecule has 130 valence electrons. The van der Waals surface area contributed by atoms with Crippen LogP contribution in [0.15, 0.2) is 11.6 Å². The van der Waals surface area contributed by atoms with Crippen molar-refractivity contribution in [2.24, 2.45) is 0 Å². The molecular formula is C16H25NO4S2. The van der Waals surface area contributed by atoms with Crippen molar-refractivity contribution in [1.82, 2.24) is 5.32 Å². The summed E-state index contributed by atoms with van der Waals surface area (Å²) in [5.41, 5.74) is 0.242. The monoisotopic (exact) mass is 359 g/mol. The molecule has 0 aliphatic carbocycles. The molecule has 1 rings (SSSR count). The molecule has 1 atom stereocenters. The SMILES string of the molecule is C/C(=C\C(=O)O)C(=O)CCCNC(=O)CCCCC1CCSS1. The molecule has 0 spiro atoms. The Balaban J connectivity index is 2.01. The zero-order valence-electron chi connectivity index (χ0n) is 13.5. The van der Waals surface area contributed by atoms with Gasteiger partial charge in [0.25, 0.3) is 0 Å². The van der Waals surface area contributed by atoms with Crippen LogP contribution < -0.4 is 5.32 Å². The van der Waals surface area contributed by atoms with Crippen LogP contribution in [0.5, 0.6) is 0 Å². The van der Waals surface area contributed by atoms with E-state index in [1.165, 1.54) is 25.5 Å². The second-order valence-electron chi connectivity index (χ2n) is 5.62. The highest BCUT2D eigenvalue weighted by Gasteiger charge is 2.15. The van der Waals surface area contributed by atoms with Crippen molar-refractivity contribution in [2.45, 2.75) is 57.1 Å². The van der Waals surface area contributed by atoms with E-state index >= 15 is 0 Å². The van der Waals surface area contributed by atoms with Gasteiger partial charge in [0, 0.05) is 36.5 Å². The Bertz CT molecular complexity index is 445. The fourth-order valence-electron chi connectivity index (χ4n) is 2.25. The summed E-state index contributed by atoms with van der Waals surface area (Å²) in [5, 5.41) is 12.1. The quantitative estimate of drug-likeness (QED) is 0.335. The maximum Gasteiger partial charge on any atom is 0.328 e. The number of carboxylic acids is 1. The first-order valence-electron chi connectivity index (χ1n) is 7.98. The van der Waals surface area contributed by atoms with E-state index in [1.54, 1.807) is 0 Å². The number of nitrogens with one attached hydrogen (secondary N) is 1. The molecule has 23 heavy (non-hydrogen) atoms. The summed E-state index contributed by atoms with van der Waals surface area (Å²) in [6.07, 6.45) is 6.71. The standard InChI is InChI=1S/C16H25NO4S2/c1-12(11-16(20)21)14(18)6-4-9-17-15(19)7-3-2-5-13-8-10-22-23-13/h11,13H,2-10H2,1H3,(H,17,19)(H,20,21)/b12-11+. The van der Waals surface area contributed by atoms with Gasteiger partial charge in [0.1, 0.15) is 0 Å². The predicted octanol–water partition coefficient (Wildman–Crippen LogP) is 3.20. The van der Waals surface area contributed by atoms with E-state index in [0.29, 0.717) is 19.4 Å². The third-order valence-corrected chi connectivity index (χ3v) is 6.60. The molecule has 0 radical (unpaired) electrons. The smallest absolute Gasteiger partial charge is 0.328 e. The first kappa shape index (κ1) is 20.1. The van der Waals surface area contributed by atoms with Crippen LogP contribution in [0.25, 0.3) is 0 Å². The summed E-state index contributed by atoms with van der Waals surface area (Å²) in [6, 6.07) is 0. The van der Waals surface area contributed by atoms with Crippen molar-refractivity contribution < 1.29 is 19.5 Å². The lowest BCUT2D eigenvalue weighted by atomic mass is 10.1. The molecule has 1 aliphatic heterocycles. The van der Waals surface area contributed by atoms with E-state index in [0.717, 1.165) is 24.2 Å². The van der Waals surface area contributed by atoms with E-state index < -0.39 is 5.97 Å². The molecule has 1 aliphatic rings. The number of allylic oxidation sites excluding steroid dienone is 1. The van der Waals surface area contributed by atoms with Gasteiger partial charge < -0.3 is 10.4 Å². The number of ketones is 1. The Kier molecular flexibility index (Phi) is 10.1. The average molecular weight is 360 g/mol. The molecule has 1 fully saturated rings. The van der Waals surface area contributed by atoms with Gasteiger partial charge in [0.15, 0.2) is 5.78 Å². The van der Waals surface area contributed by atoms with Crippen LogP contribution in [0, 0.1) is 0 Å². The van der Waals surface area contributed by atoms with E-state index in [9.17, 15) is 14.4 Å². The lowest BCUT2D eigenvalue weighted by Gasteiger charge is -2.07. The van der Waals surface area contributed by atoms with Gasteiger partial charge in [-0.05, 0) is 38.2 Å². The Labute approximate surface area is 145 Å². The summed E-state index contributed by atoms with van der Waals surface area (Å²) in [7, 11) is 3.91. The molecule has 1 heterocycles. The number of carbonyl (C=O) groups excluding carboxylic acids is 2. The van der Waals surface area contributed by atoms with Gasteiger partial charge in [-0.15, -0.1) is 0 Å².